The molecule has 0 amide bonds. The van der Waals surface area contributed by atoms with Gasteiger partial charge in [0.15, 0.2) is 0 Å². The normalized spacial score (nSPS) is 23.4. The topological polar surface area (TPSA) is 66.4 Å². The highest BCUT2D eigenvalue weighted by atomic mass is 35.5. The fourth-order valence-corrected chi connectivity index (χ4v) is 4.50. The van der Waals surface area contributed by atoms with Gasteiger partial charge in [-0.15, -0.1) is 11.3 Å². The quantitative estimate of drug-likeness (QED) is 0.893. The van der Waals surface area contributed by atoms with Crippen molar-refractivity contribution in [1.82, 2.24) is 4.72 Å². The van der Waals surface area contributed by atoms with E-state index in [1.807, 2.05) is 6.08 Å². The third-order valence-corrected chi connectivity index (χ3v) is 5.85. The van der Waals surface area contributed by atoms with Crippen molar-refractivity contribution in [2.45, 2.75) is 16.2 Å². The third-order valence-electron chi connectivity index (χ3n) is 2.58. The summed E-state index contributed by atoms with van der Waals surface area (Å²) in [6, 6.07) is 2.98. The Morgan fingerprint density at radius 2 is 2.22 bits per heavy atom. The summed E-state index contributed by atoms with van der Waals surface area (Å²) >= 11 is 6.71. The van der Waals surface area contributed by atoms with Crippen LogP contribution in [-0.2, 0) is 10.0 Å². The highest BCUT2D eigenvalue weighted by Crippen LogP contribution is 2.27. The summed E-state index contributed by atoms with van der Waals surface area (Å²) in [5.74, 6) is 0. The molecule has 0 bridgehead atoms. The van der Waals surface area contributed by atoms with Crippen LogP contribution in [0.3, 0.4) is 0 Å². The van der Waals surface area contributed by atoms with Gasteiger partial charge in [0, 0.05) is 0 Å². The van der Waals surface area contributed by atoms with E-state index in [1.165, 1.54) is 12.1 Å². The Bertz CT molecular complexity index is 591. The van der Waals surface area contributed by atoms with E-state index in [4.69, 9.17) is 11.6 Å². The zero-order valence-electron chi connectivity index (χ0n) is 9.34. The number of aliphatic hydroxyl groups excluding tert-OH is 1. The molecule has 2 rings (SSSR count). The first-order chi connectivity index (χ1) is 8.47. The van der Waals surface area contributed by atoms with Crippen molar-refractivity contribution in [3.8, 4) is 0 Å². The largest absolute Gasteiger partial charge is 0.394 e. The lowest BCUT2D eigenvalue weighted by Crippen LogP contribution is -2.49. The molecule has 1 atom stereocenters. The number of thiophene rings is 1. The first kappa shape index (κ1) is 13.8. The molecule has 1 aromatic heterocycles. The van der Waals surface area contributed by atoms with Crippen molar-refractivity contribution in [3.05, 3.63) is 40.8 Å². The minimum atomic E-state index is -3.67. The number of hydrogen-bond donors (Lipinski definition) is 2. The molecule has 1 heterocycles. The standard InChI is InChI=1S/C11H12ClNO3S2/c12-9-4-5-10(17-9)18(15,16)13-11(8-14)6-2-1-3-7-11/h1-6,13-14H,7-8H2. The van der Waals surface area contributed by atoms with E-state index in [9.17, 15) is 13.5 Å². The molecular weight excluding hydrogens is 294 g/mol. The summed E-state index contributed by atoms with van der Waals surface area (Å²) in [5.41, 5.74) is -0.968. The molecule has 0 aliphatic heterocycles. The van der Waals surface area contributed by atoms with Gasteiger partial charge in [-0.1, -0.05) is 35.9 Å². The number of rotatable bonds is 4. The number of aliphatic hydroxyl groups is 1. The van der Waals surface area contributed by atoms with Gasteiger partial charge in [-0.3, -0.25) is 0 Å². The maximum absolute atomic E-state index is 12.1. The maximum Gasteiger partial charge on any atom is 0.250 e. The molecular formula is C11H12ClNO3S2. The Morgan fingerprint density at radius 1 is 1.44 bits per heavy atom. The van der Waals surface area contributed by atoms with E-state index < -0.39 is 15.6 Å². The van der Waals surface area contributed by atoms with Crippen LogP contribution in [0, 0.1) is 0 Å². The van der Waals surface area contributed by atoms with Crippen LogP contribution in [0.15, 0.2) is 40.6 Å². The van der Waals surface area contributed by atoms with Gasteiger partial charge in [0.05, 0.1) is 16.5 Å². The van der Waals surface area contributed by atoms with Gasteiger partial charge >= 0.3 is 0 Å². The Morgan fingerprint density at radius 3 is 2.72 bits per heavy atom. The fraction of sp³-hybridized carbons (Fsp3) is 0.273. The zero-order valence-corrected chi connectivity index (χ0v) is 11.7. The second-order valence-corrected chi connectivity index (χ2v) is 7.59. The van der Waals surface area contributed by atoms with Crippen LogP contribution in [0.25, 0.3) is 0 Å². The molecule has 7 heteroatoms. The van der Waals surface area contributed by atoms with Gasteiger partial charge in [-0.2, -0.15) is 4.72 Å². The highest BCUT2D eigenvalue weighted by molar-refractivity contribution is 7.91. The number of allylic oxidation sites excluding steroid dienone is 2. The van der Waals surface area contributed by atoms with E-state index >= 15 is 0 Å². The second-order valence-electron chi connectivity index (χ2n) is 3.97. The number of halogens is 1. The Kier molecular flexibility index (Phi) is 3.93. The van der Waals surface area contributed by atoms with Gasteiger partial charge in [0.1, 0.15) is 4.21 Å². The highest BCUT2D eigenvalue weighted by Gasteiger charge is 2.32. The molecule has 4 nitrogen and oxygen atoms in total. The van der Waals surface area contributed by atoms with Crippen molar-refractivity contribution in [2.75, 3.05) is 6.61 Å². The van der Waals surface area contributed by atoms with Crippen LogP contribution in [0.2, 0.25) is 4.34 Å². The summed E-state index contributed by atoms with van der Waals surface area (Å²) in [6.45, 7) is -0.299. The number of nitrogens with one attached hydrogen (secondary N) is 1. The van der Waals surface area contributed by atoms with E-state index in [1.54, 1.807) is 18.2 Å². The minimum absolute atomic E-state index is 0.142. The molecule has 98 valence electrons. The van der Waals surface area contributed by atoms with Crippen molar-refractivity contribution >= 4 is 33.0 Å². The number of sulfonamides is 1. The summed E-state index contributed by atoms with van der Waals surface area (Å²) in [5, 5.41) is 9.42. The average Bonchev–Trinajstić information content (AvgIpc) is 2.77. The van der Waals surface area contributed by atoms with Crippen LogP contribution in [0.5, 0.6) is 0 Å². The fourth-order valence-electron chi connectivity index (χ4n) is 1.65. The Hall–Kier alpha value is -0.660. The Balaban J connectivity index is 2.27. The number of hydrogen-bond acceptors (Lipinski definition) is 4. The zero-order chi connectivity index (χ0) is 13.2. The summed E-state index contributed by atoms with van der Waals surface area (Å²) < 4.78 is 27.4. The van der Waals surface area contributed by atoms with Crippen LogP contribution in [-0.4, -0.2) is 25.7 Å². The molecule has 0 fully saturated rings. The van der Waals surface area contributed by atoms with Gasteiger partial charge in [-0.25, -0.2) is 8.42 Å². The van der Waals surface area contributed by atoms with Crippen LogP contribution in [0.1, 0.15) is 6.42 Å². The van der Waals surface area contributed by atoms with Gasteiger partial charge in [-0.05, 0) is 18.6 Å². The molecule has 18 heavy (non-hydrogen) atoms. The lowest BCUT2D eigenvalue weighted by atomic mass is 9.94. The van der Waals surface area contributed by atoms with Gasteiger partial charge in [0.25, 0.3) is 10.0 Å². The van der Waals surface area contributed by atoms with Crippen LogP contribution < -0.4 is 4.72 Å². The molecule has 1 unspecified atom stereocenters. The molecule has 1 aliphatic carbocycles. The van der Waals surface area contributed by atoms with Crippen molar-refractivity contribution < 1.29 is 13.5 Å². The lowest BCUT2D eigenvalue weighted by molar-refractivity contribution is 0.215. The molecule has 0 radical (unpaired) electrons. The first-order valence-corrected chi connectivity index (χ1v) is 7.90. The lowest BCUT2D eigenvalue weighted by Gasteiger charge is -2.29. The SMILES string of the molecule is O=S(=O)(NC1(CO)C=CC=CC1)c1ccc(Cl)s1. The molecule has 0 saturated carbocycles. The maximum atomic E-state index is 12.1. The van der Waals surface area contributed by atoms with Gasteiger partial charge < -0.3 is 5.11 Å². The van der Waals surface area contributed by atoms with Crippen molar-refractivity contribution in [1.29, 1.82) is 0 Å². The molecule has 0 saturated heterocycles. The van der Waals surface area contributed by atoms with Crippen molar-refractivity contribution in [3.63, 3.8) is 0 Å². The molecule has 0 aromatic carbocycles. The van der Waals surface area contributed by atoms with E-state index in [-0.39, 0.29) is 10.8 Å². The minimum Gasteiger partial charge on any atom is -0.394 e. The van der Waals surface area contributed by atoms with E-state index in [2.05, 4.69) is 4.72 Å². The van der Waals surface area contributed by atoms with Gasteiger partial charge in [0.2, 0.25) is 0 Å². The summed E-state index contributed by atoms with van der Waals surface area (Å²) in [7, 11) is -3.67. The predicted molar refractivity (Wildman–Crippen MR) is 72.4 cm³/mol. The van der Waals surface area contributed by atoms with Crippen molar-refractivity contribution in [2.24, 2.45) is 0 Å². The summed E-state index contributed by atoms with van der Waals surface area (Å²) in [6.07, 6.45) is 7.39. The van der Waals surface area contributed by atoms with E-state index in [0.29, 0.717) is 10.8 Å². The van der Waals surface area contributed by atoms with Crippen LogP contribution >= 0.6 is 22.9 Å². The average molecular weight is 306 g/mol. The molecule has 1 aromatic rings. The van der Waals surface area contributed by atoms with E-state index in [0.717, 1.165) is 11.3 Å². The molecule has 1 aliphatic rings. The summed E-state index contributed by atoms with van der Waals surface area (Å²) in [4.78, 5) is 0. The second kappa shape index (κ2) is 5.14. The smallest absolute Gasteiger partial charge is 0.250 e. The Labute approximate surface area is 115 Å². The van der Waals surface area contributed by atoms with Crippen LogP contribution in [0.4, 0.5) is 0 Å². The molecule has 0 spiro atoms. The molecule has 2 N–H and O–H groups in total. The first-order valence-electron chi connectivity index (χ1n) is 5.22. The predicted octanol–water partition coefficient (Wildman–Crippen LogP) is 1.93. The monoisotopic (exact) mass is 305 g/mol. The third kappa shape index (κ3) is 2.84.